The van der Waals surface area contributed by atoms with Gasteiger partial charge in [0.15, 0.2) is 0 Å². The highest BCUT2D eigenvalue weighted by atomic mass is 16.4. The lowest BCUT2D eigenvalue weighted by molar-refractivity contribution is -0.141. The third-order valence-electron chi connectivity index (χ3n) is 3.70. The van der Waals surface area contributed by atoms with Crippen LogP contribution in [0.2, 0.25) is 0 Å². The second-order valence-electron chi connectivity index (χ2n) is 5.54. The number of carbonyl (C=O) groups excluding carboxylic acids is 2. The average Bonchev–Trinajstić information content (AvgIpc) is 3.05. The van der Waals surface area contributed by atoms with E-state index in [-0.39, 0.29) is 30.3 Å². The Bertz CT molecular complexity index is 395. The minimum Gasteiger partial charge on any atom is -0.481 e. The van der Waals surface area contributed by atoms with Gasteiger partial charge in [0.05, 0.1) is 5.92 Å². The molecular weight excluding hydrogens is 262 g/mol. The molecule has 0 heterocycles. The zero-order chi connectivity index (χ0) is 14.5. The van der Waals surface area contributed by atoms with E-state index >= 15 is 0 Å². The first kappa shape index (κ1) is 14.6. The van der Waals surface area contributed by atoms with Gasteiger partial charge in [-0.25, -0.2) is 4.79 Å². The molecule has 7 nitrogen and oxygen atoms in total. The summed E-state index contributed by atoms with van der Waals surface area (Å²) in [6, 6.07) is -0.0839. The lowest BCUT2D eigenvalue weighted by Crippen LogP contribution is -2.42. The number of hydrogen-bond acceptors (Lipinski definition) is 3. The first-order valence-electron chi connectivity index (χ1n) is 7.11. The molecule has 0 aliphatic heterocycles. The zero-order valence-corrected chi connectivity index (χ0v) is 11.4. The van der Waals surface area contributed by atoms with E-state index in [0.29, 0.717) is 31.8 Å². The van der Waals surface area contributed by atoms with Crippen molar-refractivity contribution < 1.29 is 19.5 Å². The molecule has 2 saturated carbocycles. The Hall–Kier alpha value is -1.79. The van der Waals surface area contributed by atoms with Gasteiger partial charge in [-0.1, -0.05) is 0 Å². The topological polar surface area (TPSA) is 108 Å². The number of hydrogen-bond donors (Lipinski definition) is 4. The highest BCUT2D eigenvalue weighted by Crippen LogP contribution is 2.25. The SMILES string of the molecule is O=C(CCNC(=O)N[C@H]1CC[C@@H](C(=O)O)C1)NC1CC1. The van der Waals surface area contributed by atoms with Crippen LogP contribution in [-0.2, 0) is 9.59 Å². The Morgan fingerprint density at radius 3 is 2.30 bits per heavy atom. The summed E-state index contributed by atoms with van der Waals surface area (Å²) in [5, 5.41) is 17.1. The fourth-order valence-electron chi connectivity index (χ4n) is 2.39. The molecule has 0 spiro atoms. The van der Waals surface area contributed by atoms with E-state index in [0.717, 1.165) is 12.8 Å². The number of nitrogens with one attached hydrogen (secondary N) is 3. The summed E-state index contributed by atoms with van der Waals surface area (Å²) in [5.41, 5.74) is 0. The molecule has 0 aromatic heterocycles. The van der Waals surface area contributed by atoms with Crippen LogP contribution in [0.5, 0.6) is 0 Å². The van der Waals surface area contributed by atoms with Crippen molar-refractivity contribution in [1.29, 1.82) is 0 Å². The summed E-state index contributed by atoms with van der Waals surface area (Å²) in [5.74, 6) is -1.20. The second-order valence-corrected chi connectivity index (χ2v) is 5.54. The van der Waals surface area contributed by atoms with Crippen molar-refractivity contribution in [2.75, 3.05) is 6.54 Å². The van der Waals surface area contributed by atoms with E-state index in [4.69, 9.17) is 5.11 Å². The maximum absolute atomic E-state index is 11.6. The summed E-state index contributed by atoms with van der Waals surface area (Å²) < 4.78 is 0. The van der Waals surface area contributed by atoms with Crippen LogP contribution in [-0.4, -0.2) is 41.6 Å². The smallest absolute Gasteiger partial charge is 0.315 e. The van der Waals surface area contributed by atoms with Crippen molar-refractivity contribution in [1.82, 2.24) is 16.0 Å². The molecule has 0 unspecified atom stereocenters. The Morgan fingerprint density at radius 2 is 1.70 bits per heavy atom. The first-order chi connectivity index (χ1) is 9.54. The minimum atomic E-state index is -0.800. The number of amides is 3. The predicted octanol–water partition coefficient (Wildman–Crippen LogP) is 0.208. The van der Waals surface area contributed by atoms with Crippen molar-refractivity contribution >= 4 is 17.9 Å². The van der Waals surface area contributed by atoms with Crippen LogP contribution in [0.3, 0.4) is 0 Å². The van der Waals surface area contributed by atoms with E-state index < -0.39 is 5.97 Å². The van der Waals surface area contributed by atoms with Gasteiger partial charge < -0.3 is 21.1 Å². The lowest BCUT2D eigenvalue weighted by atomic mass is 10.1. The average molecular weight is 283 g/mol. The zero-order valence-electron chi connectivity index (χ0n) is 11.4. The first-order valence-corrected chi connectivity index (χ1v) is 7.11. The van der Waals surface area contributed by atoms with Crippen LogP contribution in [0.1, 0.15) is 38.5 Å². The fourth-order valence-corrected chi connectivity index (χ4v) is 2.39. The molecule has 2 rings (SSSR count). The maximum atomic E-state index is 11.6. The van der Waals surface area contributed by atoms with E-state index in [1.165, 1.54) is 0 Å². The molecule has 20 heavy (non-hydrogen) atoms. The summed E-state index contributed by atoms with van der Waals surface area (Å²) in [6.07, 6.45) is 4.13. The standard InChI is InChI=1S/C13H21N3O4/c17-11(15-9-3-4-9)5-6-14-13(20)16-10-2-1-8(7-10)12(18)19/h8-10H,1-7H2,(H,15,17)(H,18,19)(H2,14,16,20)/t8-,10+/m1/s1. The number of carbonyl (C=O) groups is 3. The number of carboxylic acids is 1. The summed E-state index contributed by atoms with van der Waals surface area (Å²) in [6.45, 7) is 0.291. The van der Waals surface area contributed by atoms with Gasteiger partial charge in [-0.2, -0.15) is 0 Å². The van der Waals surface area contributed by atoms with Crippen LogP contribution in [0.15, 0.2) is 0 Å². The molecule has 2 aliphatic carbocycles. The van der Waals surface area contributed by atoms with Crippen molar-refractivity contribution in [2.45, 2.75) is 50.6 Å². The molecule has 3 amide bonds. The molecule has 2 atom stereocenters. The van der Waals surface area contributed by atoms with Crippen molar-refractivity contribution in [2.24, 2.45) is 5.92 Å². The summed E-state index contributed by atoms with van der Waals surface area (Å²) in [7, 11) is 0. The van der Waals surface area contributed by atoms with E-state index in [1.54, 1.807) is 0 Å². The number of urea groups is 1. The molecule has 2 aliphatic rings. The number of rotatable bonds is 6. The second kappa shape index (κ2) is 6.58. The minimum absolute atomic E-state index is 0.0420. The van der Waals surface area contributed by atoms with Gasteiger partial charge in [-0.15, -0.1) is 0 Å². The van der Waals surface area contributed by atoms with Crippen LogP contribution < -0.4 is 16.0 Å². The Kier molecular flexibility index (Phi) is 4.81. The Balaban J connectivity index is 1.56. The van der Waals surface area contributed by atoms with Crippen LogP contribution >= 0.6 is 0 Å². The normalized spacial score (nSPS) is 25.0. The molecule has 0 radical (unpaired) electrons. The van der Waals surface area contributed by atoms with Crippen LogP contribution in [0, 0.1) is 5.92 Å². The summed E-state index contributed by atoms with van der Waals surface area (Å²) >= 11 is 0. The Morgan fingerprint density at radius 1 is 1.00 bits per heavy atom. The fraction of sp³-hybridized carbons (Fsp3) is 0.769. The van der Waals surface area contributed by atoms with Crippen LogP contribution in [0.4, 0.5) is 4.79 Å². The number of carboxylic acid groups (broad SMARTS) is 1. The van der Waals surface area contributed by atoms with Gasteiger partial charge >= 0.3 is 12.0 Å². The maximum Gasteiger partial charge on any atom is 0.315 e. The highest BCUT2D eigenvalue weighted by Gasteiger charge is 2.30. The highest BCUT2D eigenvalue weighted by molar-refractivity contribution is 5.78. The Labute approximate surface area is 117 Å². The van der Waals surface area contributed by atoms with Gasteiger partial charge in [0.25, 0.3) is 0 Å². The third kappa shape index (κ3) is 4.71. The van der Waals surface area contributed by atoms with Gasteiger partial charge in [-0.05, 0) is 32.1 Å². The molecule has 112 valence electrons. The largest absolute Gasteiger partial charge is 0.481 e. The third-order valence-corrected chi connectivity index (χ3v) is 3.70. The molecule has 0 aromatic carbocycles. The molecule has 0 bridgehead atoms. The van der Waals surface area contributed by atoms with E-state index in [9.17, 15) is 14.4 Å². The molecule has 4 N–H and O–H groups in total. The van der Waals surface area contributed by atoms with Gasteiger partial charge in [0.1, 0.15) is 0 Å². The van der Waals surface area contributed by atoms with Crippen molar-refractivity contribution in [3.63, 3.8) is 0 Å². The van der Waals surface area contributed by atoms with Crippen molar-refractivity contribution in [3.8, 4) is 0 Å². The predicted molar refractivity (Wildman–Crippen MR) is 71.1 cm³/mol. The van der Waals surface area contributed by atoms with E-state index in [2.05, 4.69) is 16.0 Å². The van der Waals surface area contributed by atoms with Gasteiger partial charge in [0.2, 0.25) is 5.91 Å². The summed E-state index contributed by atoms with van der Waals surface area (Å²) in [4.78, 5) is 33.8. The van der Waals surface area contributed by atoms with E-state index in [1.807, 2.05) is 0 Å². The van der Waals surface area contributed by atoms with Gasteiger partial charge in [-0.3, -0.25) is 9.59 Å². The molecule has 2 fully saturated rings. The quantitative estimate of drug-likeness (QED) is 0.559. The number of aliphatic carboxylic acids is 1. The van der Waals surface area contributed by atoms with Crippen LogP contribution in [0.25, 0.3) is 0 Å². The molecular formula is C13H21N3O4. The van der Waals surface area contributed by atoms with Gasteiger partial charge in [0, 0.05) is 25.0 Å². The molecule has 7 heteroatoms. The van der Waals surface area contributed by atoms with Crippen molar-refractivity contribution in [3.05, 3.63) is 0 Å². The lowest BCUT2D eigenvalue weighted by Gasteiger charge is -2.13. The monoisotopic (exact) mass is 283 g/mol. The molecule has 0 saturated heterocycles. The molecule has 0 aromatic rings.